The molecule has 2 rings (SSSR count). The van der Waals surface area contributed by atoms with E-state index in [4.69, 9.17) is 5.73 Å². The van der Waals surface area contributed by atoms with Gasteiger partial charge >= 0.3 is 0 Å². The predicted molar refractivity (Wildman–Crippen MR) is 72.1 cm³/mol. The first-order valence-corrected chi connectivity index (χ1v) is 6.51. The lowest BCUT2D eigenvalue weighted by atomic mass is 9.99. The average molecular weight is 247 g/mol. The van der Waals surface area contributed by atoms with Crippen LogP contribution in [-0.4, -0.2) is 36.5 Å². The van der Waals surface area contributed by atoms with Crippen LogP contribution in [0.15, 0.2) is 24.3 Å². The highest BCUT2D eigenvalue weighted by Crippen LogP contribution is 2.20. The van der Waals surface area contributed by atoms with Crippen molar-refractivity contribution in [1.29, 1.82) is 0 Å². The fourth-order valence-electron chi connectivity index (χ4n) is 2.36. The van der Waals surface area contributed by atoms with Crippen molar-refractivity contribution in [3.8, 4) is 0 Å². The van der Waals surface area contributed by atoms with E-state index in [1.807, 2.05) is 6.92 Å². The molecule has 1 aromatic carbocycles. The van der Waals surface area contributed by atoms with Crippen LogP contribution in [0.5, 0.6) is 0 Å². The van der Waals surface area contributed by atoms with Gasteiger partial charge in [0.25, 0.3) is 0 Å². The minimum Gasteiger partial charge on any atom is -0.353 e. The normalized spacial score (nSPS) is 17.0. The van der Waals surface area contributed by atoms with E-state index in [1.165, 1.54) is 11.1 Å². The number of amides is 1. The molecule has 1 unspecified atom stereocenters. The first-order valence-electron chi connectivity index (χ1n) is 6.51. The molecule has 0 spiro atoms. The van der Waals surface area contributed by atoms with Gasteiger partial charge in [0.15, 0.2) is 0 Å². The highest BCUT2D eigenvalue weighted by Gasteiger charge is 2.24. The van der Waals surface area contributed by atoms with Crippen LogP contribution in [0.4, 0.5) is 0 Å². The van der Waals surface area contributed by atoms with Gasteiger partial charge in [-0.15, -0.1) is 0 Å². The van der Waals surface area contributed by atoms with E-state index < -0.39 is 0 Å². The molecular formula is C14H21N3O. The Bertz CT molecular complexity index is 419. The van der Waals surface area contributed by atoms with Crippen molar-refractivity contribution in [3.05, 3.63) is 35.4 Å². The summed E-state index contributed by atoms with van der Waals surface area (Å²) in [6.45, 7) is 4.79. The molecule has 1 aromatic rings. The molecule has 4 heteroatoms. The number of nitrogens with one attached hydrogen (secondary N) is 1. The van der Waals surface area contributed by atoms with Crippen LogP contribution in [-0.2, 0) is 17.8 Å². The van der Waals surface area contributed by atoms with E-state index in [9.17, 15) is 4.79 Å². The fraction of sp³-hybridized carbons (Fsp3) is 0.500. The number of nitrogens with two attached hydrogens (primary N) is 1. The topological polar surface area (TPSA) is 58.4 Å². The Balaban J connectivity index is 1.98. The lowest BCUT2D eigenvalue weighted by Gasteiger charge is -2.32. The molecule has 1 amide bonds. The minimum atomic E-state index is -0.0927. The number of hydrogen-bond donors (Lipinski definition) is 2. The van der Waals surface area contributed by atoms with Crippen molar-refractivity contribution < 1.29 is 4.79 Å². The van der Waals surface area contributed by atoms with Crippen LogP contribution in [0.25, 0.3) is 0 Å². The summed E-state index contributed by atoms with van der Waals surface area (Å²) in [4.78, 5) is 14.1. The van der Waals surface area contributed by atoms with E-state index in [1.54, 1.807) is 0 Å². The maximum absolute atomic E-state index is 11.9. The van der Waals surface area contributed by atoms with Gasteiger partial charge in [-0.25, -0.2) is 0 Å². The molecule has 0 saturated heterocycles. The van der Waals surface area contributed by atoms with Crippen LogP contribution in [0.3, 0.4) is 0 Å². The third-order valence-corrected chi connectivity index (χ3v) is 3.53. The van der Waals surface area contributed by atoms with Gasteiger partial charge in [0.05, 0.1) is 6.04 Å². The number of rotatable bonds is 4. The van der Waals surface area contributed by atoms with Crippen LogP contribution >= 0.6 is 0 Å². The summed E-state index contributed by atoms with van der Waals surface area (Å²) in [6.07, 6.45) is 1.02. The first kappa shape index (κ1) is 13.1. The number of carbonyl (C=O) groups is 1. The van der Waals surface area contributed by atoms with Crippen molar-refractivity contribution in [2.24, 2.45) is 5.73 Å². The molecule has 98 valence electrons. The third-order valence-electron chi connectivity index (χ3n) is 3.53. The predicted octanol–water partition coefficient (Wildman–Crippen LogP) is 0.508. The van der Waals surface area contributed by atoms with Crippen molar-refractivity contribution in [3.63, 3.8) is 0 Å². The maximum atomic E-state index is 11.9. The monoisotopic (exact) mass is 247 g/mol. The van der Waals surface area contributed by atoms with E-state index in [0.717, 1.165) is 19.5 Å². The zero-order valence-corrected chi connectivity index (χ0v) is 10.9. The Morgan fingerprint density at radius 2 is 2.17 bits per heavy atom. The summed E-state index contributed by atoms with van der Waals surface area (Å²) < 4.78 is 0. The Kier molecular flexibility index (Phi) is 4.33. The molecule has 4 nitrogen and oxygen atoms in total. The van der Waals surface area contributed by atoms with Crippen molar-refractivity contribution >= 4 is 5.91 Å². The SMILES string of the molecule is CC(C(=O)NCCN)N1CCc2ccccc2C1. The summed E-state index contributed by atoms with van der Waals surface area (Å²) >= 11 is 0. The summed E-state index contributed by atoms with van der Waals surface area (Å²) in [5.41, 5.74) is 8.13. The fourth-order valence-corrected chi connectivity index (χ4v) is 2.36. The van der Waals surface area contributed by atoms with Crippen LogP contribution in [0.2, 0.25) is 0 Å². The van der Waals surface area contributed by atoms with Gasteiger partial charge in [-0.1, -0.05) is 24.3 Å². The average Bonchev–Trinajstić information content (AvgIpc) is 2.43. The molecule has 0 aromatic heterocycles. The van der Waals surface area contributed by atoms with Crippen molar-refractivity contribution in [1.82, 2.24) is 10.2 Å². The maximum Gasteiger partial charge on any atom is 0.237 e. The molecule has 0 saturated carbocycles. The number of benzene rings is 1. The van der Waals surface area contributed by atoms with Crippen LogP contribution in [0.1, 0.15) is 18.1 Å². The van der Waals surface area contributed by atoms with Gasteiger partial charge in [-0.3, -0.25) is 9.69 Å². The van der Waals surface area contributed by atoms with Crippen LogP contribution < -0.4 is 11.1 Å². The highest BCUT2D eigenvalue weighted by atomic mass is 16.2. The number of nitrogens with zero attached hydrogens (tertiary/aromatic N) is 1. The Morgan fingerprint density at radius 1 is 1.44 bits per heavy atom. The Labute approximate surface area is 108 Å². The second kappa shape index (κ2) is 5.98. The Hall–Kier alpha value is -1.39. The van der Waals surface area contributed by atoms with E-state index >= 15 is 0 Å². The lowest BCUT2D eigenvalue weighted by molar-refractivity contribution is -0.126. The van der Waals surface area contributed by atoms with Gasteiger partial charge in [-0.05, 0) is 24.5 Å². The zero-order valence-electron chi connectivity index (χ0n) is 10.9. The summed E-state index contributed by atoms with van der Waals surface area (Å²) in [7, 11) is 0. The van der Waals surface area contributed by atoms with E-state index in [-0.39, 0.29) is 11.9 Å². The van der Waals surface area contributed by atoms with E-state index in [2.05, 4.69) is 34.5 Å². The molecule has 0 radical (unpaired) electrons. The quantitative estimate of drug-likeness (QED) is 0.815. The largest absolute Gasteiger partial charge is 0.353 e. The third kappa shape index (κ3) is 2.89. The molecule has 0 bridgehead atoms. The van der Waals surface area contributed by atoms with Gasteiger partial charge in [0, 0.05) is 26.2 Å². The molecule has 1 aliphatic heterocycles. The van der Waals surface area contributed by atoms with Crippen molar-refractivity contribution in [2.75, 3.05) is 19.6 Å². The molecule has 0 fully saturated rings. The zero-order chi connectivity index (χ0) is 13.0. The summed E-state index contributed by atoms with van der Waals surface area (Å²) in [6, 6.07) is 8.36. The number of hydrogen-bond acceptors (Lipinski definition) is 3. The molecule has 18 heavy (non-hydrogen) atoms. The Morgan fingerprint density at radius 3 is 2.89 bits per heavy atom. The number of carbonyl (C=O) groups excluding carboxylic acids is 1. The standard InChI is InChI=1S/C14H21N3O/c1-11(14(18)16-8-7-15)17-9-6-12-4-2-3-5-13(12)10-17/h2-5,11H,6-10,15H2,1H3,(H,16,18). The second-order valence-corrected chi connectivity index (χ2v) is 4.74. The van der Waals surface area contributed by atoms with Crippen molar-refractivity contribution in [2.45, 2.75) is 25.9 Å². The minimum absolute atomic E-state index is 0.0693. The van der Waals surface area contributed by atoms with Crippen LogP contribution in [0, 0.1) is 0 Å². The summed E-state index contributed by atoms with van der Waals surface area (Å²) in [5, 5.41) is 2.85. The second-order valence-electron chi connectivity index (χ2n) is 4.74. The molecule has 3 N–H and O–H groups in total. The highest BCUT2D eigenvalue weighted by molar-refractivity contribution is 5.81. The molecular weight excluding hydrogens is 226 g/mol. The van der Waals surface area contributed by atoms with Gasteiger partial charge < -0.3 is 11.1 Å². The summed E-state index contributed by atoms with van der Waals surface area (Å²) in [5.74, 6) is 0.0693. The first-order chi connectivity index (χ1) is 8.72. The number of fused-ring (bicyclic) bond motifs is 1. The molecule has 1 aliphatic rings. The van der Waals surface area contributed by atoms with Gasteiger partial charge in [0.2, 0.25) is 5.91 Å². The van der Waals surface area contributed by atoms with Gasteiger partial charge in [-0.2, -0.15) is 0 Å². The molecule has 1 atom stereocenters. The molecule has 1 heterocycles. The smallest absolute Gasteiger partial charge is 0.237 e. The lowest BCUT2D eigenvalue weighted by Crippen LogP contribution is -2.47. The van der Waals surface area contributed by atoms with E-state index in [0.29, 0.717) is 13.1 Å². The van der Waals surface area contributed by atoms with Gasteiger partial charge in [0.1, 0.15) is 0 Å². The molecule has 0 aliphatic carbocycles.